The number of unbranched alkanes of at least 4 members (excludes halogenated alkanes) is 17. The summed E-state index contributed by atoms with van der Waals surface area (Å²) in [5.41, 5.74) is 0. The van der Waals surface area contributed by atoms with Gasteiger partial charge in [0.1, 0.15) is 30.5 Å². The molecule has 0 spiro atoms. The first-order valence-electron chi connectivity index (χ1n) is 21.6. The quantitative estimate of drug-likeness (QED) is 0.0154. The van der Waals surface area contributed by atoms with Gasteiger partial charge in [0.15, 0.2) is 6.29 Å². The van der Waals surface area contributed by atoms with E-state index in [4.69, 9.17) is 14.0 Å². The zero-order chi connectivity index (χ0) is 42.2. The number of hydrogen-bond acceptors (Lipinski definition) is 11. The van der Waals surface area contributed by atoms with Crippen molar-refractivity contribution < 1.29 is 57.0 Å². The van der Waals surface area contributed by atoms with Crippen LogP contribution in [0.5, 0.6) is 0 Å². The molecule has 0 aromatic rings. The van der Waals surface area contributed by atoms with Gasteiger partial charge in [-0.05, 0) is 57.8 Å². The molecule has 0 saturated carbocycles. The van der Waals surface area contributed by atoms with Gasteiger partial charge in [-0.3, -0.25) is 9.35 Å². The predicted octanol–water partition coefficient (Wildman–Crippen LogP) is 6.68. The molecule has 0 aromatic carbocycles. The highest BCUT2D eigenvalue weighted by Gasteiger charge is 2.48. The molecule has 14 heteroatoms. The number of nitrogens with one attached hydrogen (secondary N) is 1. The number of allylic oxidation sites excluding steroid dienone is 7. The molecule has 1 amide bonds. The number of carbonyl (C=O) groups is 1. The maximum Gasteiger partial charge on any atom is 0.397 e. The van der Waals surface area contributed by atoms with Gasteiger partial charge >= 0.3 is 10.4 Å². The Kier molecular flexibility index (Phi) is 31.5. The summed E-state index contributed by atoms with van der Waals surface area (Å²) in [4.78, 5) is 13.1. The summed E-state index contributed by atoms with van der Waals surface area (Å²) >= 11 is 0. The molecule has 0 aliphatic carbocycles. The third-order valence-electron chi connectivity index (χ3n) is 9.97. The van der Waals surface area contributed by atoms with E-state index in [0.717, 1.165) is 57.8 Å². The van der Waals surface area contributed by atoms with E-state index in [1.54, 1.807) is 6.08 Å². The fourth-order valence-electron chi connectivity index (χ4n) is 6.47. The maximum absolute atomic E-state index is 13.1. The zero-order valence-electron chi connectivity index (χ0n) is 34.7. The SMILES string of the molecule is CCCCC/C=C\C=C/CCCCCCCC(O)C(=O)NC(COC1OC(CO)C(O)C(OS(=O)(=O)O)C1O)C(O)/C=C/CC/C=C/CCCCCCCCCC. The summed E-state index contributed by atoms with van der Waals surface area (Å²) in [6.45, 7) is 3.12. The molecule has 0 radical (unpaired) electrons. The number of ether oxygens (including phenoxy) is 2. The van der Waals surface area contributed by atoms with Gasteiger partial charge < -0.3 is 40.3 Å². The van der Waals surface area contributed by atoms with Gasteiger partial charge in [-0.1, -0.05) is 146 Å². The minimum absolute atomic E-state index is 0.217. The van der Waals surface area contributed by atoms with E-state index in [-0.39, 0.29) is 6.42 Å². The van der Waals surface area contributed by atoms with Crippen molar-refractivity contribution in [3.05, 3.63) is 48.6 Å². The lowest BCUT2D eigenvalue weighted by Gasteiger charge is -2.41. The van der Waals surface area contributed by atoms with Crippen LogP contribution < -0.4 is 5.32 Å². The van der Waals surface area contributed by atoms with Crippen LogP contribution in [0, 0.1) is 0 Å². The van der Waals surface area contributed by atoms with E-state index in [9.17, 15) is 38.7 Å². The molecule has 1 aliphatic heterocycles. The van der Waals surface area contributed by atoms with Crippen molar-refractivity contribution in [3.63, 3.8) is 0 Å². The summed E-state index contributed by atoms with van der Waals surface area (Å²) < 4.78 is 47.4. The molecule has 0 aromatic heterocycles. The van der Waals surface area contributed by atoms with E-state index in [1.807, 2.05) is 0 Å². The molecule has 13 nitrogen and oxygen atoms in total. The molecule has 8 unspecified atom stereocenters. The van der Waals surface area contributed by atoms with Gasteiger partial charge in [0.05, 0.1) is 25.4 Å². The molecule has 1 heterocycles. The van der Waals surface area contributed by atoms with Gasteiger partial charge in [0.2, 0.25) is 5.91 Å². The van der Waals surface area contributed by atoms with Crippen molar-refractivity contribution in [3.8, 4) is 0 Å². The van der Waals surface area contributed by atoms with Crippen LogP contribution in [-0.4, -0.2) is 107 Å². The third kappa shape index (κ3) is 26.7. The predicted molar refractivity (Wildman–Crippen MR) is 224 cm³/mol. The molecular weight excluding hydrogens is 755 g/mol. The molecule has 1 saturated heterocycles. The zero-order valence-corrected chi connectivity index (χ0v) is 35.6. The number of aliphatic hydroxyl groups is 5. The Balaban J connectivity index is 2.69. The first kappa shape index (κ1) is 53.0. The average Bonchev–Trinajstić information content (AvgIpc) is 3.18. The summed E-state index contributed by atoms with van der Waals surface area (Å²) in [5, 5.41) is 55.0. The number of hydrogen-bond donors (Lipinski definition) is 7. The monoisotopic (exact) mass is 832 g/mol. The van der Waals surface area contributed by atoms with Crippen LogP contribution in [0.3, 0.4) is 0 Å². The van der Waals surface area contributed by atoms with Crippen LogP contribution >= 0.6 is 0 Å². The van der Waals surface area contributed by atoms with Gasteiger partial charge in [0, 0.05) is 0 Å². The fourth-order valence-corrected chi connectivity index (χ4v) is 6.97. The molecular formula is C43H77NO12S. The average molecular weight is 832 g/mol. The standard InChI is InChI=1S/C43H77NO12S/c1-3-5-7-9-11-13-15-17-19-21-23-25-27-29-31-36(46)35(34-54-43-40(49)41(56-57(51,52)53)39(48)38(33-45)55-43)44-42(50)37(47)32-30-28-26-24-22-20-18-16-14-12-10-8-6-4-2/h12,14,16,18,21,23,29,31,35-41,43,45-49H,3-11,13,15,17,19-20,22,24-28,30,32-34H2,1-2H3,(H,44,50)(H,51,52,53)/b14-12-,18-16-,23-21+,31-29+. The summed E-state index contributed by atoms with van der Waals surface area (Å²) in [6.07, 6.45) is 27.7. The van der Waals surface area contributed by atoms with E-state index in [0.29, 0.717) is 12.8 Å². The Labute approximate surface area is 343 Å². The topological polar surface area (TPSA) is 212 Å². The molecule has 57 heavy (non-hydrogen) atoms. The van der Waals surface area contributed by atoms with Crippen LogP contribution in [0.1, 0.15) is 155 Å². The van der Waals surface area contributed by atoms with Crippen molar-refractivity contribution in [2.45, 2.75) is 204 Å². The van der Waals surface area contributed by atoms with Crippen LogP contribution in [0.2, 0.25) is 0 Å². The highest BCUT2D eigenvalue weighted by atomic mass is 32.3. The second-order valence-electron chi connectivity index (χ2n) is 15.1. The Morgan fingerprint density at radius 1 is 0.719 bits per heavy atom. The summed E-state index contributed by atoms with van der Waals surface area (Å²) in [7, 11) is -5.12. The number of carbonyl (C=O) groups excluding carboxylic acids is 1. The first-order valence-corrected chi connectivity index (χ1v) is 23.0. The van der Waals surface area contributed by atoms with E-state index >= 15 is 0 Å². The smallest absolute Gasteiger partial charge is 0.394 e. The molecule has 1 aliphatic rings. The Morgan fingerprint density at radius 2 is 1.23 bits per heavy atom. The highest BCUT2D eigenvalue weighted by molar-refractivity contribution is 7.80. The van der Waals surface area contributed by atoms with Crippen molar-refractivity contribution >= 4 is 16.3 Å². The van der Waals surface area contributed by atoms with Gasteiger partial charge in [-0.15, -0.1) is 0 Å². The van der Waals surface area contributed by atoms with E-state index in [1.165, 1.54) is 70.3 Å². The van der Waals surface area contributed by atoms with Crippen molar-refractivity contribution in [2.75, 3.05) is 13.2 Å². The highest BCUT2D eigenvalue weighted by Crippen LogP contribution is 2.26. The van der Waals surface area contributed by atoms with Crippen molar-refractivity contribution in [1.82, 2.24) is 5.32 Å². The van der Waals surface area contributed by atoms with Gasteiger partial charge in [-0.25, -0.2) is 4.18 Å². The molecule has 0 bridgehead atoms. The summed E-state index contributed by atoms with van der Waals surface area (Å²) in [5.74, 6) is -0.728. The number of rotatable bonds is 35. The number of amides is 1. The van der Waals surface area contributed by atoms with Crippen LogP contribution in [0.25, 0.3) is 0 Å². The molecule has 332 valence electrons. The minimum atomic E-state index is -5.12. The summed E-state index contributed by atoms with van der Waals surface area (Å²) in [6, 6.07) is -1.14. The molecule has 1 rings (SSSR count). The second kappa shape index (κ2) is 33.8. The Morgan fingerprint density at radius 3 is 1.82 bits per heavy atom. The normalized spacial score (nSPS) is 22.3. The van der Waals surface area contributed by atoms with Crippen LogP contribution in [0.15, 0.2) is 48.6 Å². The fraction of sp³-hybridized carbons (Fsp3) is 0.791. The molecule has 7 N–H and O–H groups in total. The molecule has 1 fully saturated rings. The largest absolute Gasteiger partial charge is 0.397 e. The van der Waals surface area contributed by atoms with E-state index < -0.39 is 78.5 Å². The Hall–Kier alpha value is -1.98. The lowest BCUT2D eigenvalue weighted by Crippen LogP contribution is -2.61. The first-order chi connectivity index (χ1) is 27.4. The third-order valence-corrected chi connectivity index (χ3v) is 10.4. The van der Waals surface area contributed by atoms with Gasteiger partial charge in [-0.2, -0.15) is 8.42 Å². The number of aliphatic hydroxyl groups excluding tert-OH is 5. The minimum Gasteiger partial charge on any atom is -0.394 e. The van der Waals surface area contributed by atoms with Gasteiger partial charge in [0.25, 0.3) is 0 Å². The lowest BCUT2D eigenvalue weighted by molar-refractivity contribution is -0.298. The maximum atomic E-state index is 13.1. The van der Waals surface area contributed by atoms with Crippen molar-refractivity contribution in [1.29, 1.82) is 0 Å². The van der Waals surface area contributed by atoms with E-state index in [2.05, 4.69) is 59.8 Å². The van der Waals surface area contributed by atoms with Crippen LogP contribution in [-0.2, 0) is 28.9 Å². The lowest BCUT2D eigenvalue weighted by atomic mass is 9.99. The molecule has 8 atom stereocenters. The second-order valence-corrected chi connectivity index (χ2v) is 16.1. The van der Waals surface area contributed by atoms with Crippen molar-refractivity contribution in [2.24, 2.45) is 0 Å². The van der Waals surface area contributed by atoms with Crippen LogP contribution in [0.4, 0.5) is 0 Å². The Bertz CT molecular complexity index is 1230.